The topological polar surface area (TPSA) is 12.0 Å². The average molecular weight is 279 g/mol. The molecular formula is C15H21NS2. The Hall–Kier alpha value is -0.120. The number of benzene rings is 1. The van der Waals surface area contributed by atoms with Crippen molar-refractivity contribution in [3.8, 4) is 0 Å². The largest absolute Gasteiger partial charge is 0.310 e. The molecule has 0 atom stereocenters. The van der Waals surface area contributed by atoms with Gasteiger partial charge in [0.2, 0.25) is 0 Å². The summed E-state index contributed by atoms with van der Waals surface area (Å²) in [4.78, 5) is 0. The fourth-order valence-electron chi connectivity index (χ4n) is 2.79. The molecule has 0 spiro atoms. The van der Waals surface area contributed by atoms with Crippen LogP contribution in [-0.4, -0.2) is 19.1 Å². The Balaban J connectivity index is 1.83. The second-order valence-electron chi connectivity index (χ2n) is 5.62. The van der Waals surface area contributed by atoms with Crippen molar-refractivity contribution in [2.24, 2.45) is 0 Å². The maximum Gasteiger partial charge on any atom is 0.0433 e. The van der Waals surface area contributed by atoms with Crippen LogP contribution in [0.1, 0.15) is 36.8 Å². The Morgan fingerprint density at radius 3 is 2.44 bits per heavy atom. The molecule has 2 aliphatic rings. The van der Waals surface area contributed by atoms with Crippen LogP contribution in [0.15, 0.2) is 24.3 Å². The number of hydrogen-bond acceptors (Lipinski definition) is 3. The normalized spacial score (nSPS) is 22.8. The maximum atomic E-state index is 3.50. The van der Waals surface area contributed by atoms with Gasteiger partial charge in [-0.25, -0.2) is 0 Å². The molecule has 0 heterocycles. The summed E-state index contributed by atoms with van der Waals surface area (Å²) in [6.45, 7) is 0. The van der Waals surface area contributed by atoms with Crippen molar-refractivity contribution in [2.75, 3.05) is 19.1 Å². The fraction of sp³-hybridized carbons (Fsp3) is 0.600. The maximum absolute atomic E-state index is 3.50. The predicted molar refractivity (Wildman–Crippen MR) is 83.3 cm³/mol. The van der Waals surface area contributed by atoms with Gasteiger partial charge in [0.15, 0.2) is 0 Å². The molecule has 2 saturated carbocycles. The Bertz CT molecular complexity index is 436. The zero-order chi connectivity index (χ0) is 12.6. The van der Waals surface area contributed by atoms with Gasteiger partial charge in [-0.2, -0.15) is 0 Å². The molecule has 0 saturated heterocycles. The molecule has 1 N–H and O–H groups in total. The molecule has 0 unspecified atom stereocenters. The third kappa shape index (κ3) is 2.21. The Kier molecular flexibility index (Phi) is 3.41. The zero-order valence-corrected chi connectivity index (χ0v) is 12.8. The summed E-state index contributed by atoms with van der Waals surface area (Å²) in [6, 6.07) is 9.36. The Labute approximate surface area is 118 Å². The molecule has 18 heavy (non-hydrogen) atoms. The van der Waals surface area contributed by atoms with Gasteiger partial charge in [-0.1, -0.05) is 45.9 Å². The molecule has 0 aromatic heterocycles. The molecule has 2 fully saturated rings. The van der Waals surface area contributed by atoms with E-state index in [1.807, 2.05) is 21.6 Å². The van der Waals surface area contributed by atoms with Crippen LogP contribution in [0.4, 0.5) is 0 Å². The van der Waals surface area contributed by atoms with E-state index in [1.54, 1.807) is 5.56 Å². The molecule has 0 bridgehead atoms. The molecule has 3 rings (SSSR count). The van der Waals surface area contributed by atoms with Gasteiger partial charge in [0.25, 0.3) is 0 Å². The second kappa shape index (κ2) is 4.77. The standard InChI is InChI=1S/C15H21NS2/c1-16-15(8-9-15)13-5-3-4-12(10-13)14(6-7-14)11-18-17-2/h3-5,10,16H,6-9,11H2,1-2H3. The SMILES string of the molecule is CNC1(c2cccc(C3(CSSC)CC3)c2)CC1. The van der Waals surface area contributed by atoms with Crippen molar-refractivity contribution >= 4 is 21.6 Å². The highest BCUT2D eigenvalue weighted by atomic mass is 33.1. The van der Waals surface area contributed by atoms with Gasteiger partial charge in [0.05, 0.1) is 0 Å². The van der Waals surface area contributed by atoms with E-state index in [1.165, 1.54) is 37.0 Å². The van der Waals surface area contributed by atoms with Crippen molar-refractivity contribution in [1.82, 2.24) is 5.32 Å². The lowest BCUT2D eigenvalue weighted by Gasteiger charge is -2.19. The number of nitrogens with one attached hydrogen (secondary N) is 1. The van der Waals surface area contributed by atoms with Gasteiger partial charge >= 0.3 is 0 Å². The molecule has 1 nitrogen and oxygen atoms in total. The Morgan fingerprint density at radius 1 is 1.17 bits per heavy atom. The van der Waals surface area contributed by atoms with Crippen LogP contribution in [-0.2, 0) is 11.0 Å². The highest BCUT2D eigenvalue weighted by Gasteiger charge is 2.46. The minimum absolute atomic E-state index is 0.304. The van der Waals surface area contributed by atoms with E-state index in [0.29, 0.717) is 11.0 Å². The predicted octanol–water partition coefficient (Wildman–Crippen LogP) is 3.94. The van der Waals surface area contributed by atoms with Crippen LogP contribution in [0.25, 0.3) is 0 Å². The van der Waals surface area contributed by atoms with Gasteiger partial charge < -0.3 is 5.32 Å². The zero-order valence-electron chi connectivity index (χ0n) is 11.2. The van der Waals surface area contributed by atoms with Crippen LogP contribution >= 0.6 is 21.6 Å². The van der Waals surface area contributed by atoms with Gasteiger partial charge in [-0.3, -0.25) is 0 Å². The highest BCUT2D eigenvalue weighted by molar-refractivity contribution is 8.76. The lowest BCUT2D eigenvalue weighted by molar-refractivity contribution is 0.583. The first-order chi connectivity index (χ1) is 8.75. The fourth-order valence-corrected chi connectivity index (χ4v) is 4.62. The minimum Gasteiger partial charge on any atom is -0.310 e. The van der Waals surface area contributed by atoms with Gasteiger partial charge in [0.1, 0.15) is 0 Å². The third-order valence-electron chi connectivity index (χ3n) is 4.56. The molecule has 3 heteroatoms. The molecule has 1 aromatic carbocycles. The van der Waals surface area contributed by atoms with E-state index in [9.17, 15) is 0 Å². The number of hydrogen-bond donors (Lipinski definition) is 1. The lowest BCUT2D eigenvalue weighted by Crippen LogP contribution is -2.25. The van der Waals surface area contributed by atoms with E-state index in [-0.39, 0.29) is 0 Å². The monoisotopic (exact) mass is 279 g/mol. The van der Waals surface area contributed by atoms with Crippen LogP contribution in [0, 0.1) is 0 Å². The summed E-state index contributed by atoms with van der Waals surface area (Å²) in [6.07, 6.45) is 7.50. The van der Waals surface area contributed by atoms with E-state index in [2.05, 4.69) is 42.9 Å². The van der Waals surface area contributed by atoms with E-state index < -0.39 is 0 Å². The van der Waals surface area contributed by atoms with Crippen LogP contribution in [0.5, 0.6) is 0 Å². The summed E-state index contributed by atoms with van der Waals surface area (Å²) in [5.74, 6) is 1.27. The first-order valence-corrected chi connectivity index (χ1v) is 9.43. The molecule has 0 radical (unpaired) electrons. The van der Waals surface area contributed by atoms with Gasteiger partial charge in [-0.15, -0.1) is 0 Å². The first kappa shape index (κ1) is 12.9. The summed E-state index contributed by atoms with van der Waals surface area (Å²) in [5.41, 5.74) is 3.87. The van der Waals surface area contributed by atoms with Crippen LogP contribution < -0.4 is 5.32 Å². The van der Waals surface area contributed by atoms with Crippen molar-refractivity contribution in [3.05, 3.63) is 35.4 Å². The highest BCUT2D eigenvalue weighted by Crippen LogP contribution is 2.53. The van der Waals surface area contributed by atoms with Crippen molar-refractivity contribution in [3.63, 3.8) is 0 Å². The quantitative estimate of drug-likeness (QED) is 0.792. The Morgan fingerprint density at radius 2 is 1.89 bits per heavy atom. The van der Waals surface area contributed by atoms with Crippen molar-refractivity contribution in [1.29, 1.82) is 0 Å². The first-order valence-electron chi connectivity index (χ1n) is 6.70. The molecule has 1 aromatic rings. The van der Waals surface area contributed by atoms with Crippen molar-refractivity contribution < 1.29 is 0 Å². The van der Waals surface area contributed by atoms with Crippen LogP contribution in [0.2, 0.25) is 0 Å². The van der Waals surface area contributed by atoms with Gasteiger partial charge in [0, 0.05) is 16.7 Å². The molecule has 0 amide bonds. The molecule has 2 aliphatic carbocycles. The summed E-state index contributed by atoms with van der Waals surface area (Å²) in [5, 5.41) is 3.50. The van der Waals surface area contributed by atoms with E-state index >= 15 is 0 Å². The average Bonchev–Trinajstić information content (AvgIpc) is 3.31. The van der Waals surface area contributed by atoms with Gasteiger partial charge in [-0.05, 0) is 50.1 Å². The lowest BCUT2D eigenvalue weighted by atomic mass is 9.93. The second-order valence-corrected chi connectivity index (χ2v) is 8.19. The smallest absolute Gasteiger partial charge is 0.0433 e. The van der Waals surface area contributed by atoms with Crippen LogP contribution in [0.3, 0.4) is 0 Å². The van der Waals surface area contributed by atoms with Crippen molar-refractivity contribution in [2.45, 2.75) is 36.6 Å². The van der Waals surface area contributed by atoms with E-state index in [4.69, 9.17) is 0 Å². The molecule has 0 aliphatic heterocycles. The van der Waals surface area contributed by atoms with E-state index in [0.717, 1.165) is 0 Å². The summed E-state index contributed by atoms with van der Waals surface area (Å²) < 4.78 is 0. The molecule has 98 valence electrons. The summed E-state index contributed by atoms with van der Waals surface area (Å²) >= 11 is 0. The minimum atomic E-state index is 0.304. The number of rotatable bonds is 6. The third-order valence-corrected chi connectivity index (χ3v) is 6.53. The molecular weight excluding hydrogens is 258 g/mol. The summed E-state index contributed by atoms with van der Waals surface area (Å²) in [7, 11) is 6.00.